The summed E-state index contributed by atoms with van der Waals surface area (Å²) in [5.41, 5.74) is 11.6. The molecule has 1 aliphatic carbocycles. The average molecular weight is 645 g/mol. The number of nitrogens with zero attached hydrogens (tertiary/aromatic N) is 4. The molecule has 11 nitrogen and oxygen atoms in total. The van der Waals surface area contributed by atoms with Gasteiger partial charge in [0.2, 0.25) is 17.6 Å². The zero-order valence-corrected chi connectivity index (χ0v) is 26.5. The Balaban J connectivity index is 0.00000417. The second-order valence-corrected chi connectivity index (χ2v) is 11.9. The number of carbonyl (C=O) groups is 2. The van der Waals surface area contributed by atoms with Gasteiger partial charge >= 0.3 is 0 Å². The van der Waals surface area contributed by atoms with Gasteiger partial charge in [-0.2, -0.15) is 5.21 Å². The van der Waals surface area contributed by atoms with Gasteiger partial charge in [-0.15, -0.1) is 22.6 Å². The number of halogens is 1. The van der Waals surface area contributed by atoms with Crippen LogP contribution in [0.5, 0.6) is 0 Å². The van der Waals surface area contributed by atoms with E-state index in [-0.39, 0.29) is 30.1 Å². The van der Waals surface area contributed by atoms with Crippen molar-refractivity contribution in [3.63, 3.8) is 0 Å². The summed E-state index contributed by atoms with van der Waals surface area (Å²) in [5, 5.41) is 20.1. The number of carbonyl (C=O) groups excluding carboxylic acids is 2. The molecule has 1 atom stereocenters. The van der Waals surface area contributed by atoms with Crippen LogP contribution in [0.2, 0.25) is 0 Å². The molecule has 0 unspecified atom stereocenters. The van der Waals surface area contributed by atoms with Gasteiger partial charge in [0.15, 0.2) is 0 Å². The number of benzene rings is 3. The number of aromatic amines is 1. The van der Waals surface area contributed by atoms with E-state index in [0.717, 1.165) is 74.2 Å². The molecule has 0 spiro atoms. The van der Waals surface area contributed by atoms with Gasteiger partial charge in [0.25, 0.3) is 0 Å². The lowest BCUT2D eigenvalue weighted by Gasteiger charge is -2.29. The highest BCUT2D eigenvalue weighted by molar-refractivity contribution is 5.97. The first-order chi connectivity index (χ1) is 22.1. The summed E-state index contributed by atoms with van der Waals surface area (Å²) in [6, 6.07) is 23.3. The number of hydrogen-bond donors (Lipinski definition) is 4. The minimum Gasteiger partial charge on any atom is -0.378 e. The van der Waals surface area contributed by atoms with E-state index in [0.29, 0.717) is 30.4 Å². The van der Waals surface area contributed by atoms with Crippen LogP contribution in [-0.4, -0.2) is 71.3 Å². The summed E-state index contributed by atoms with van der Waals surface area (Å²) in [5.74, 6) is 0.487. The Morgan fingerprint density at radius 1 is 0.891 bits per heavy atom. The number of nitrogens with two attached hydrogens (primary N) is 1. The van der Waals surface area contributed by atoms with E-state index in [4.69, 9.17) is 10.5 Å². The van der Waals surface area contributed by atoms with Gasteiger partial charge in [0.1, 0.15) is 6.04 Å². The van der Waals surface area contributed by atoms with E-state index < -0.39 is 6.04 Å². The summed E-state index contributed by atoms with van der Waals surface area (Å²) < 4.78 is 5.47. The lowest BCUT2D eigenvalue weighted by atomic mass is 9.81. The molecule has 3 aromatic carbocycles. The van der Waals surface area contributed by atoms with Crippen molar-refractivity contribution in [1.29, 1.82) is 0 Å². The van der Waals surface area contributed by atoms with E-state index >= 15 is 0 Å². The number of aromatic nitrogens is 4. The zero-order chi connectivity index (χ0) is 31.0. The minimum absolute atomic E-state index is 0. The third kappa shape index (κ3) is 8.28. The molecule has 12 heteroatoms. The number of amides is 2. The van der Waals surface area contributed by atoms with Gasteiger partial charge in [-0.1, -0.05) is 36.4 Å². The van der Waals surface area contributed by atoms with Crippen LogP contribution in [0.1, 0.15) is 31.2 Å². The molecule has 2 fully saturated rings. The number of H-pyrrole nitrogens is 1. The number of tetrazole rings is 1. The number of hydrogen-bond acceptors (Lipinski definition) is 8. The highest BCUT2D eigenvalue weighted by atomic mass is 35.5. The van der Waals surface area contributed by atoms with Crippen LogP contribution >= 0.6 is 12.4 Å². The number of rotatable bonds is 10. The molecule has 2 amide bonds. The van der Waals surface area contributed by atoms with E-state index in [1.807, 2.05) is 24.3 Å². The smallest absolute Gasteiger partial charge is 0.247 e. The molecule has 1 saturated carbocycles. The fourth-order valence-corrected chi connectivity index (χ4v) is 6.13. The van der Waals surface area contributed by atoms with Crippen molar-refractivity contribution in [3.05, 3.63) is 78.4 Å². The molecule has 1 aliphatic heterocycles. The molecular weight excluding hydrogens is 604 g/mol. The predicted molar refractivity (Wildman–Crippen MR) is 181 cm³/mol. The molecule has 5 N–H and O–H groups in total. The lowest BCUT2D eigenvalue weighted by Crippen LogP contribution is -2.48. The molecule has 1 aromatic heterocycles. The van der Waals surface area contributed by atoms with Gasteiger partial charge < -0.3 is 26.0 Å². The first-order valence-corrected chi connectivity index (χ1v) is 15.7. The Kier molecular flexibility index (Phi) is 11.4. The fourth-order valence-electron chi connectivity index (χ4n) is 6.13. The van der Waals surface area contributed by atoms with E-state index in [1.54, 1.807) is 12.1 Å². The summed E-state index contributed by atoms with van der Waals surface area (Å²) in [6.45, 7) is 3.97. The number of nitrogens with one attached hydrogen (secondary N) is 3. The maximum Gasteiger partial charge on any atom is 0.247 e. The van der Waals surface area contributed by atoms with Gasteiger partial charge in [0, 0.05) is 42.4 Å². The number of ether oxygens (including phenoxy) is 1. The molecule has 46 heavy (non-hydrogen) atoms. The maximum atomic E-state index is 13.6. The third-order valence-corrected chi connectivity index (χ3v) is 8.91. The maximum absolute atomic E-state index is 13.6. The van der Waals surface area contributed by atoms with E-state index in [9.17, 15) is 9.59 Å². The second kappa shape index (κ2) is 15.8. The van der Waals surface area contributed by atoms with Gasteiger partial charge in [0.05, 0.1) is 13.2 Å². The largest absolute Gasteiger partial charge is 0.378 e. The lowest BCUT2D eigenvalue weighted by molar-refractivity contribution is -0.130. The quantitative estimate of drug-likeness (QED) is 0.200. The molecule has 6 rings (SSSR count). The molecule has 4 aromatic rings. The van der Waals surface area contributed by atoms with Crippen molar-refractivity contribution >= 4 is 35.6 Å². The summed E-state index contributed by atoms with van der Waals surface area (Å²) in [6.07, 6.45) is 3.82. The predicted octanol–water partition coefficient (Wildman–Crippen LogP) is 4.22. The van der Waals surface area contributed by atoms with Crippen molar-refractivity contribution in [2.24, 2.45) is 17.6 Å². The Bertz CT molecular complexity index is 1540. The Morgan fingerprint density at radius 3 is 2.13 bits per heavy atom. The fraction of sp³-hybridized carbons (Fsp3) is 0.382. The Hall–Kier alpha value is -4.32. The van der Waals surface area contributed by atoms with Crippen LogP contribution in [-0.2, 0) is 20.7 Å². The van der Waals surface area contributed by atoms with Crippen molar-refractivity contribution in [2.75, 3.05) is 43.1 Å². The monoisotopic (exact) mass is 644 g/mol. The SMILES string of the molecule is Cl.NCC1CCC(C(=O)N[C@@H](Cc2ccc(-c3ccc(N4CCOCC4)cc3)cc2)C(=O)Nc2ccc(-c3nn[nH]n3)cc2)CC1. The molecule has 1 saturated heterocycles. The highest BCUT2D eigenvalue weighted by Gasteiger charge is 2.29. The molecule has 2 heterocycles. The van der Waals surface area contributed by atoms with Crippen molar-refractivity contribution in [1.82, 2.24) is 25.9 Å². The van der Waals surface area contributed by atoms with Crippen molar-refractivity contribution < 1.29 is 14.3 Å². The van der Waals surface area contributed by atoms with Crippen molar-refractivity contribution in [3.8, 4) is 22.5 Å². The molecular formula is C34H41ClN8O3. The molecule has 0 bridgehead atoms. The Labute approximate surface area is 275 Å². The van der Waals surface area contributed by atoms with Gasteiger partial charge in [-0.05, 0) is 96.4 Å². The first kappa shape index (κ1) is 33.1. The first-order valence-electron chi connectivity index (χ1n) is 15.7. The summed E-state index contributed by atoms with van der Waals surface area (Å²) >= 11 is 0. The standard InChI is InChI=1S/C34H40N8O3.ClH/c35-22-24-3-7-28(8-4-24)33(43)37-31(34(44)36-29-13-9-27(10-14-29)32-38-40-41-39-32)21-23-1-5-25(6-2-23)26-11-15-30(16-12-26)42-17-19-45-20-18-42;/h1-2,5-6,9-16,24,28,31H,3-4,7-8,17-22,35H2,(H,36,44)(H,37,43)(H,38,39,40,41);1H/t24?,28?,31-;/m0./s1. The normalized spacial score (nSPS) is 18.7. The average Bonchev–Trinajstić information content (AvgIpc) is 3.64. The van der Waals surface area contributed by atoms with E-state index in [1.165, 1.54) is 5.69 Å². The third-order valence-electron chi connectivity index (χ3n) is 8.91. The molecule has 0 radical (unpaired) electrons. The van der Waals surface area contributed by atoms with Gasteiger partial charge in [-0.3, -0.25) is 9.59 Å². The number of anilines is 2. The number of morpholine rings is 1. The molecule has 242 valence electrons. The van der Waals surface area contributed by atoms with Crippen LogP contribution < -0.4 is 21.3 Å². The molecule has 2 aliphatic rings. The van der Waals surface area contributed by atoms with E-state index in [2.05, 4.69) is 72.6 Å². The van der Waals surface area contributed by atoms with Gasteiger partial charge in [-0.25, -0.2) is 0 Å². The topological polar surface area (TPSA) is 151 Å². The highest BCUT2D eigenvalue weighted by Crippen LogP contribution is 2.29. The van der Waals surface area contributed by atoms with Crippen LogP contribution in [0.3, 0.4) is 0 Å². The van der Waals surface area contributed by atoms with Crippen LogP contribution in [0, 0.1) is 11.8 Å². The van der Waals surface area contributed by atoms with Crippen LogP contribution in [0.25, 0.3) is 22.5 Å². The zero-order valence-electron chi connectivity index (χ0n) is 25.7. The van der Waals surface area contributed by atoms with Crippen LogP contribution in [0.15, 0.2) is 72.8 Å². The Morgan fingerprint density at radius 2 is 1.52 bits per heavy atom. The second-order valence-electron chi connectivity index (χ2n) is 11.9. The minimum atomic E-state index is -0.736. The van der Waals surface area contributed by atoms with Crippen LogP contribution in [0.4, 0.5) is 11.4 Å². The summed E-state index contributed by atoms with van der Waals surface area (Å²) in [4.78, 5) is 29.3. The van der Waals surface area contributed by atoms with Crippen molar-refractivity contribution in [2.45, 2.75) is 38.1 Å². The summed E-state index contributed by atoms with van der Waals surface area (Å²) in [7, 11) is 0.